The highest BCUT2D eigenvalue weighted by molar-refractivity contribution is 5.94. The lowest BCUT2D eigenvalue weighted by molar-refractivity contribution is -0.268. The predicted molar refractivity (Wildman–Crippen MR) is 163 cm³/mol. The van der Waals surface area contributed by atoms with E-state index in [9.17, 15) is 9.90 Å². The fourth-order valence-corrected chi connectivity index (χ4v) is 5.68. The molecular formula is C35H38NO7-. The van der Waals surface area contributed by atoms with Crippen molar-refractivity contribution in [3.63, 3.8) is 0 Å². The van der Waals surface area contributed by atoms with Gasteiger partial charge in [0.2, 0.25) is 0 Å². The molecule has 2 atom stereocenters. The van der Waals surface area contributed by atoms with E-state index >= 15 is 0 Å². The van der Waals surface area contributed by atoms with Gasteiger partial charge in [-0.1, -0.05) is 66.7 Å². The van der Waals surface area contributed by atoms with Crippen molar-refractivity contribution in [3.8, 4) is 17.2 Å². The van der Waals surface area contributed by atoms with E-state index in [1.165, 1.54) is 10.5 Å². The van der Waals surface area contributed by atoms with Crippen molar-refractivity contribution in [3.05, 3.63) is 102 Å². The van der Waals surface area contributed by atoms with Gasteiger partial charge in [-0.05, 0) is 42.2 Å². The van der Waals surface area contributed by atoms with Gasteiger partial charge in [0.1, 0.15) is 29.9 Å². The SMILES string of the molecule is COc1cc(COC2CN(C(=O)[O-])CCC2c2ccc(OCCOCCc3ccccc3)cc2)c(OC)c2ccccc12. The lowest BCUT2D eigenvalue weighted by atomic mass is 9.87. The summed E-state index contributed by atoms with van der Waals surface area (Å²) in [6.45, 7) is 2.46. The second-order valence-corrected chi connectivity index (χ2v) is 10.5. The Kier molecular flexibility index (Phi) is 10.4. The van der Waals surface area contributed by atoms with E-state index < -0.39 is 6.09 Å². The molecule has 1 amide bonds. The third-order valence-electron chi connectivity index (χ3n) is 7.91. The zero-order chi connectivity index (χ0) is 30.0. The van der Waals surface area contributed by atoms with E-state index in [0.29, 0.717) is 38.5 Å². The molecule has 1 heterocycles. The molecule has 0 bridgehead atoms. The van der Waals surface area contributed by atoms with Gasteiger partial charge < -0.3 is 38.5 Å². The first kappa shape index (κ1) is 30.2. The van der Waals surface area contributed by atoms with Crippen LogP contribution in [0.3, 0.4) is 0 Å². The van der Waals surface area contributed by atoms with Gasteiger partial charge in [-0.2, -0.15) is 0 Å². The number of carboxylic acid groups (broad SMARTS) is 1. The number of methoxy groups -OCH3 is 2. The smallest absolute Gasteiger partial charge is 0.137 e. The molecule has 0 aliphatic carbocycles. The van der Waals surface area contributed by atoms with Crippen molar-refractivity contribution < 1.29 is 33.6 Å². The summed E-state index contributed by atoms with van der Waals surface area (Å²) >= 11 is 0. The van der Waals surface area contributed by atoms with Crippen LogP contribution >= 0.6 is 0 Å². The zero-order valence-electron chi connectivity index (χ0n) is 24.7. The summed E-state index contributed by atoms with van der Waals surface area (Å²) in [5.41, 5.74) is 3.15. The summed E-state index contributed by atoms with van der Waals surface area (Å²) in [7, 11) is 3.28. The molecule has 0 radical (unpaired) electrons. The quantitative estimate of drug-likeness (QED) is 0.199. The van der Waals surface area contributed by atoms with Crippen molar-refractivity contribution >= 4 is 16.9 Å². The Morgan fingerprint density at radius 3 is 2.35 bits per heavy atom. The first-order valence-corrected chi connectivity index (χ1v) is 14.6. The zero-order valence-corrected chi connectivity index (χ0v) is 24.7. The summed E-state index contributed by atoms with van der Waals surface area (Å²) in [5, 5.41) is 13.6. The highest BCUT2D eigenvalue weighted by Crippen LogP contribution is 2.38. The Bertz CT molecular complexity index is 1480. The lowest BCUT2D eigenvalue weighted by Crippen LogP contribution is -2.51. The van der Waals surface area contributed by atoms with E-state index in [4.69, 9.17) is 23.7 Å². The van der Waals surface area contributed by atoms with Crippen LogP contribution in [0.5, 0.6) is 17.2 Å². The summed E-state index contributed by atoms with van der Waals surface area (Å²) in [6, 6.07) is 28.0. The Labute approximate surface area is 252 Å². The Hall–Kier alpha value is -4.27. The maximum atomic E-state index is 11.7. The summed E-state index contributed by atoms with van der Waals surface area (Å²) in [6.07, 6.45) is -0.0754. The highest BCUT2D eigenvalue weighted by Gasteiger charge is 2.32. The number of carbonyl (C=O) groups is 1. The molecule has 5 rings (SSSR count). The van der Waals surface area contributed by atoms with Crippen molar-refractivity contribution in [2.24, 2.45) is 0 Å². The summed E-state index contributed by atoms with van der Waals surface area (Å²) < 4.78 is 29.5. The number of hydrogen-bond acceptors (Lipinski definition) is 7. The van der Waals surface area contributed by atoms with E-state index in [-0.39, 0.29) is 25.2 Å². The number of ether oxygens (including phenoxy) is 5. The van der Waals surface area contributed by atoms with Gasteiger partial charge in [-0.25, -0.2) is 0 Å². The van der Waals surface area contributed by atoms with Crippen LogP contribution in [0.2, 0.25) is 0 Å². The third kappa shape index (κ3) is 7.58. The Morgan fingerprint density at radius 2 is 1.63 bits per heavy atom. The van der Waals surface area contributed by atoms with Crippen molar-refractivity contribution in [1.82, 2.24) is 4.90 Å². The van der Waals surface area contributed by atoms with Crippen molar-refractivity contribution in [2.75, 3.05) is 47.1 Å². The largest absolute Gasteiger partial charge is 0.530 e. The molecule has 0 spiro atoms. The number of amides is 1. The molecule has 1 saturated heterocycles. The average molecular weight is 585 g/mol. The van der Waals surface area contributed by atoms with Gasteiger partial charge >= 0.3 is 0 Å². The second kappa shape index (κ2) is 14.8. The fraction of sp³-hybridized carbons (Fsp3) is 0.343. The molecule has 4 aromatic carbocycles. The molecule has 0 saturated carbocycles. The van der Waals surface area contributed by atoms with Gasteiger partial charge in [0.15, 0.2) is 0 Å². The number of hydrogen-bond donors (Lipinski definition) is 0. The van der Waals surface area contributed by atoms with Gasteiger partial charge in [0, 0.05) is 35.3 Å². The van der Waals surface area contributed by atoms with Crippen LogP contribution in [0.1, 0.15) is 29.0 Å². The van der Waals surface area contributed by atoms with Crippen molar-refractivity contribution in [1.29, 1.82) is 0 Å². The number of piperidine rings is 1. The van der Waals surface area contributed by atoms with Crippen LogP contribution in [0.25, 0.3) is 10.8 Å². The lowest BCUT2D eigenvalue weighted by Gasteiger charge is -2.40. The molecule has 1 fully saturated rings. The van der Waals surface area contributed by atoms with Crippen LogP contribution in [0, 0.1) is 0 Å². The first-order chi connectivity index (χ1) is 21.1. The molecule has 1 aliphatic heterocycles. The number of carbonyl (C=O) groups excluding carboxylic acids is 1. The molecule has 0 aromatic heterocycles. The first-order valence-electron chi connectivity index (χ1n) is 14.6. The van der Waals surface area contributed by atoms with Crippen LogP contribution in [-0.2, 0) is 22.5 Å². The molecule has 0 N–H and O–H groups in total. The maximum absolute atomic E-state index is 11.7. The average Bonchev–Trinajstić information content (AvgIpc) is 3.05. The van der Waals surface area contributed by atoms with E-state index in [1.807, 2.05) is 72.8 Å². The van der Waals surface area contributed by atoms with Gasteiger partial charge in [0.25, 0.3) is 0 Å². The molecule has 226 valence electrons. The number of benzene rings is 4. The summed E-state index contributed by atoms with van der Waals surface area (Å²) in [5.74, 6) is 2.20. The molecule has 2 unspecified atom stereocenters. The van der Waals surface area contributed by atoms with Crippen LogP contribution in [-0.4, -0.2) is 64.2 Å². The molecule has 43 heavy (non-hydrogen) atoms. The van der Waals surface area contributed by atoms with E-state index in [1.54, 1.807) is 14.2 Å². The Morgan fingerprint density at radius 1 is 0.884 bits per heavy atom. The minimum absolute atomic E-state index is 0.000633. The number of fused-ring (bicyclic) bond motifs is 1. The molecule has 8 heteroatoms. The number of nitrogens with zero attached hydrogens (tertiary/aromatic N) is 1. The standard InChI is InChI=1S/C35H39NO7/c1-39-32-22-27(34(40-2)31-11-7-6-10-30(31)32)24-43-33-23-36(35(37)38)18-16-29(33)26-12-14-28(15-13-26)42-21-20-41-19-17-25-8-4-3-5-9-25/h3-15,22,29,33H,16-21,23-24H2,1-2H3,(H,37,38)/p-1. The number of likely N-dealkylation sites (tertiary alicyclic amines) is 1. The normalized spacial score (nSPS) is 16.7. The van der Waals surface area contributed by atoms with Crippen LogP contribution in [0.15, 0.2) is 84.9 Å². The topological polar surface area (TPSA) is 89.5 Å². The number of rotatable bonds is 13. The minimum atomic E-state index is -1.19. The molecular weight excluding hydrogens is 546 g/mol. The monoisotopic (exact) mass is 584 g/mol. The Balaban J connectivity index is 1.21. The van der Waals surface area contributed by atoms with E-state index in [0.717, 1.165) is 39.8 Å². The van der Waals surface area contributed by atoms with Gasteiger partial charge in [0.05, 0.1) is 40.1 Å². The molecule has 8 nitrogen and oxygen atoms in total. The fourth-order valence-electron chi connectivity index (χ4n) is 5.68. The van der Waals surface area contributed by atoms with Gasteiger partial charge in [-0.15, -0.1) is 0 Å². The minimum Gasteiger partial charge on any atom is -0.530 e. The summed E-state index contributed by atoms with van der Waals surface area (Å²) in [4.78, 5) is 13.0. The highest BCUT2D eigenvalue weighted by atomic mass is 16.5. The van der Waals surface area contributed by atoms with Crippen LogP contribution in [0.4, 0.5) is 4.79 Å². The van der Waals surface area contributed by atoms with Gasteiger partial charge in [-0.3, -0.25) is 0 Å². The predicted octanol–water partition coefficient (Wildman–Crippen LogP) is 5.21. The third-order valence-corrected chi connectivity index (χ3v) is 7.91. The molecule has 1 aliphatic rings. The van der Waals surface area contributed by atoms with E-state index in [2.05, 4.69) is 12.1 Å². The second-order valence-electron chi connectivity index (χ2n) is 10.5. The maximum Gasteiger partial charge on any atom is 0.137 e. The van der Waals surface area contributed by atoms with Crippen LogP contribution < -0.4 is 19.3 Å². The molecule has 4 aromatic rings. The van der Waals surface area contributed by atoms with Crippen molar-refractivity contribution in [2.45, 2.75) is 31.5 Å².